The van der Waals surface area contributed by atoms with Gasteiger partial charge in [0, 0.05) is 70.4 Å². The van der Waals surface area contributed by atoms with Crippen molar-refractivity contribution >= 4 is 103 Å². The first-order valence-corrected chi connectivity index (χ1v) is 19.7. The van der Waals surface area contributed by atoms with Crippen molar-refractivity contribution < 1.29 is 8.83 Å². The van der Waals surface area contributed by atoms with E-state index in [-0.39, 0.29) is 0 Å². The number of para-hydroxylation sites is 3. The van der Waals surface area contributed by atoms with Gasteiger partial charge in [-0.25, -0.2) is 0 Å². The quantitative estimate of drug-likeness (QED) is 0.176. The lowest BCUT2D eigenvalue weighted by Gasteiger charge is -2.26. The van der Waals surface area contributed by atoms with Crippen LogP contribution in [0.4, 0.5) is 17.1 Å². The van der Waals surface area contributed by atoms with Gasteiger partial charge in [-0.3, -0.25) is 0 Å². The first kappa shape index (κ1) is 31.2. The number of hydrogen-bond donors (Lipinski definition) is 0. The molecule has 0 radical (unpaired) electrons. The number of benzene rings is 9. The third-order valence-electron chi connectivity index (χ3n) is 11.3. The highest BCUT2D eigenvalue weighted by Gasteiger charge is 2.18. The summed E-state index contributed by atoms with van der Waals surface area (Å²) in [6.07, 6.45) is 0. The Morgan fingerprint density at radius 1 is 0.339 bits per heavy atom. The maximum absolute atomic E-state index is 6.41. The van der Waals surface area contributed by atoms with Crippen molar-refractivity contribution in [1.82, 2.24) is 0 Å². The Kier molecular flexibility index (Phi) is 6.80. The van der Waals surface area contributed by atoms with Crippen LogP contribution in [0.15, 0.2) is 197 Å². The maximum Gasteiger partial charge on any atom is 0.143 e. The molecular weight excluding hydrogens is 703 g/mol. The molecule has 262 valence electrons. The predicted octanol–water partition coefficient (Wildman–Crippen LogP) is 15.8. The van der Waals surface area contributed by atoms with Crippen molar-refractivity contribution in [1.29, 1.82) is 0 Å². The van der Waals surface area contributed by atoms with E-state index in [1.54, 1.807) is 0 Å². The van der Waals surface area contributed by atoms with Crippen molar-refractivity contribution in [2.24, 2.45) is 0 Å². The predicted molar refractivity (Wildman–Crippen MR) is 237 cm³/mol. The van der Waals surface area contributed by atoms with E-state index in [2.05, 4.69) is 169 Å². The van der Waals surface area contributed by atoms with Gasteiger partial charge in [0.2, 0.25) is 0 Å². The summed E-state index contributed by atoms with van der Waals surface area (Å²) in [5.74, 6) is 0. The van der Waals surface area contributed by atoms with Gasteiger partial charge in [-0.15, -0.1) is 11.3 Å². The second-order valence-corrected chi connectivity index (χ2v) is 15.5. The van der Waals surface area contributed by atoms with E-state index >= 15 is 0 Å². The molecule has 12 rings (SSSR count). The molecule has 0 atom stereocenters. The SMILES string of the molecule is c1ccc2c(c1)ccc1c3cccc(-c4ccc(N(c5ccc(-c6cccc7c6oc6ccccc67)cc5)c5ccc6c(c5)oc5ccccc56)cc4)c3sc21. The van der Waals surface area contributed by atoms with Gasteiger partial charge in [0.1, 0.15) is 22.3 Å². The molecule has 12 aromatic rings. The van der Waals surface area contributed by atoms with Crippen LogP contribution in [0.3, 0.4) is 0 Å². The topological polar surface area (TPSA) is 29.5 Å². The summed E-state index contributed by atoms with van der Waals surface area (Å²) in [4.78, 5) is 2.31. The summed E-state index contributed by atoms with van der Waals surface area (Å²) >= 11 is 1.89. The molecule has 0 saturated heterocycles. The van der Waals surface area contributed by atoms with Crippen LogP contribution in [0.5, 0.6) is 0 Å². The third kappa shape index (κ3) is 4.76. The van der Waals surface area contributed by atoms with Crippen LogP contribution in [0.1, 0.15) is 0 Å². The van der Waals surface area contributed by atoms with Crippen molar-refractivity contribution in [3.8, 4) is 22.3 Å². The van der Waals surface area contributed by atoms with Crippen molar-refractivity contribution in [2.45, 2.75) is 0 Å². The van der Waals surface area contributed by atoms with Crippen molar-refractivity contribution in [3.63, 3.8) is 0 Å². The Bertz CT molecular complexity index is 3480. The average Bonchev–Trinajstić information content (AvgIpc) is 3.96. The second-order valence-electron chi connectivity index (χ2n) is 14.4. The number of nitrogens with zero attached hydrogens (tertiary/aromatic N) is 1. The Morgan fingerprint density at radius 2 is 0.875 bits per heavy atom. The van der Waals surface area contributed by atoms with E-state index in [1.165, 1.54) is 42.1 Å². The minimum atomic E-state index is 0.863. The lowest BCUT2D eigenvalue weighted by atomic mass is 10.0. The summed E-state index contributed by atoms with van der Waals surface area (Å²) in [7, 11) is 0. The fourth-order valence-corrected chi connectivity index (χ4v) is 9.98. The van der Waals surface area contributed by atoms with Crippen LogP contribution < -0.4 is 4.90 Å². The van der Waals surface area contributed by atoms with Crippen LogP contribution in [0, 0.1) is 0 Å². The smallest absolute Gasteiger partial charge is 0.143 e. The molecule has 0 amide bonds. The number of fused-ring (bicyclic) bond motifs is 11. The van der Waals surface area contributed by atoms with E-state index in [9.17, 15) is 0 Å². The summed E-state index contributed by atoms with van der Waals surface area (Å²) in [6.45, 7) is 0. The van der Waals surface area contributed by atoms with E-state index in [0.29, 0.717) is 0 Å². The van der Waals surface area contributed by atoms with Crippen molar-refractivity contribution in [3.05, 3.63) is 188 Å². The number of rotatable bonds is 5. The Labute approximate surface area is 325 Å². The average molecular weight is 734 g/mol. The van der Waals surface area contributed by atoms with Crippen LogP contribution in [0.2, 0.25) is 0 Å². The van der Waals surface area contributed by atoms with Gasteiger partial charge in [0.15, 0.2) is 0 Å². The van der Waals surface area contributed by atoms with Gasteiger partial charge in [0.05, 0.1) is 0 Å². The van der Waals surface area contributed by atoms with Gasteiger partial charge in [-0.1, -0.05) is 133 Å². The fourth-order valence-electron chi connectivity index (χ4n) is 8.61. The monoisotopic (exact) mass is 733 g/mol. The highest BCUT2D eigenvalue weighted by atomic mass is 32.1. The van der Waals surface area contributed by atoms with E-state index in [4.69, 9.17) is 8.83 Å². The summed E-state index contributed by atoms with van der Waals surface area (Å²) < 4.78 is 15.5. The summed E-state index contributed by atoms with van der Waals surface area (Å²) in [6, 6.07) is 67.2. The van der Waals surface area contributed by atoms with E-state index < -0.39 is 0 Å². The summed E-state index contributed by atoms with van der Waals surface area (Å²) in [5.41, 5.74) is 11.3. The number of furan rings is 2. The zero-order valence-corrected chi connectivity index (χ0v) is 30.9. The zero-order chi connectivity index (χ0) is 36.7. The van der Waals surface area contributed by atoms with Gasteiger partial charge >= 0.3 is 0 Å². The minimum Gasteiger partial charge on any atom is -0.456 e. The fraction of sp³-hybridized carbons (Fsp3) is 0. The van der Waals surface area contributed by atoms with Crippen LogP contribution in [-0.2, 0) is 0 Å². The second kappa shape index (κ2) is 12.2. The first-order valence-electron chi connectivity index (χ1n) is 18.9. The van der Waals surface area contributed by atoms with Gasteiger partial charge in [-0.2, -0.15) is 0 Å². The maximum atomic E-state index is 6.41. The van der Waals surface area contributed by atoms with Crippen LogP contribution >= 0.6 is 11.3 Å². The molecule has 0 aliphatic heterocycles. The molecule has 0 aliphatic carbocycles. The Balaban J connectivity index is 0.981. The normalized spacial score (nSPS) is 11.9. The zero-order valence-electron chi connectivity index (χ0n) is 30.1. The molecule has 56 heavy (non-hydrogen) atoms. The number of anilines is 3. The van der Waals surface area contributed by atoms with Gasteiger partial charge < -0.3 is 13.7 Å². The molecule has 9 aromatic carbocycles. The third-order valence-corrected chi connectivity index (χ3v) is 12.6. The molecule has 0 fully saturated rings. The lowest BCUT2D eigenvalue weighted by molar-refractivity contribution is 0.669. The van der Waals surface area contributed by atoms with Crippen LogP contribution in [0.25, 0.3) is 97.1 Å². The highest BCUT2D eigenvalue weighted by Crippen LogP contribution is 2.45. The molecule has 0 spiro atoms. The molecule has 0 unspecified atom stereocenters. The molecule has 0 N–H and O–H groups in total. The Hall–Kier alpha value is -7.14. The Morgan fingerprint density at radius 3 is 1.64 bits per heavy atom. The molecule has 3 heterocycles. The highest BCUT2D eigenvalue weighted by molar-refractivity contribution is 7.27. The minimum absolute atomic E-state index is 0.863. The van der Waals surface area contributed by atoms with E-state index in [0.717, 1.165) is 72.1 Å². The molecule has 4 heteroatoms. The summed E-state index contributed by atoms with van der Waals surface area (Å²) in [5, 5.41) is 9.70. The number of thiophene rings is 1. The molecule has 3 nitrogen and oxygen atoms in total. The molecule has 0 saturated carbocycles. The first-order chi connectivity index (χ1) is 27.7. The largest absolute Gasteiger partial charge is 0.456 e. The standard InChI is InChI=1S/C52H31NO2S/c1-2-10-39-32(9-1)23-29-46-45-16-8-14-40(51(45)56-52(39)46)34-21-26-36(27-22-34)53(37-28-30-43-41-11-3-5-17-47(41)54-49(43)31-37)35-24-19-33(20-25-35)38-13-7-15-44-42-12-4-6-18-48(42)55-50(38)44/h1-31H. The molecule has 0 bridgehead atoms. The van der Waals surface area contributed by atoms with Crippen molar-refractivity contribution in [2.75, 3.05) is 4.90 Å². The lowest BCUT2D eigenvalue weighted by Crippen LogP contribution is -2.09. The van der Waals surface area contributed by atoms with E-state index in [1.807, 2.05) is 35.6 Å². The molecular formula is C52H31NO2S. The molecule has 3 aromatic heterocycles. The van der Waals surface area contributed by atoms with Crippen LogP contribution in [-0.4, -0.2) is 0 Å². The van der Waals surface area contributed by atoms with Gasteiger partial charge in [0.25, 0.3) is 0 Å². The molecule has 0 aliphatic rings. The van der Waals surface area contributed by atoms with Gasteiger partial charge in [-0.05, 0) is 76.0 Å². The number of hydrogen-bond acceptors (Lipinski definition) is 4.